The van der Waals surface area contributed by atoms with E-state index in [4.69, 9.17) is 18.9 Å². The van der Waals surface area contributed by atoms with E-state index in [1.54, 1.807) is 60.7 Å². The van der Waals surface area contributed by atoms with Crippen LogP contribution in [-0.2, 0) is 33.3 Å². The molecule has 0 aliphatic rings. The number of esters is 2. The normalized spacial score (nSPS) is 15.7. The van der Waals surface area contributed by atoms with E-state index >= 15 is 0 Å². The van der Waals surface area contributed by atoms with E-state index < -0.39 is 41.1 Å². The summed E-state index contributed by atoms with van der Waals surface area (Å²) >= 11 is 0. The zero-order valence-electron chi connectivity index (χ0n) is 21.6. The van der Waals surface area contributed by atoms with Gasteiger partial charge in [0.25, 0.3) is 0 Å². The van der Waals surface area contributed by atoms with Gasteiger partial charge in [-0.3, -0.25) is 4.79 Å². The standard InChI is InChI=1S/C29H34O9/c1-5-23(30)35-17-19-37-25(21-13-9-7-10-14-21)28(3,33)27(32)29(4,34)26(22-15-11-8-12-16-22)38-20-18-36-24(31)6-2/h5-16,25-26,33-34H,1-2,17-20H2,3-4H3. The smallest absolute Gasteiger partial charge is 0.330 e. The van der Waals surface area contributed by atoms with E-state index in [0.29, 0.717) is 11.1 Å². The summed E-state index contributed by atoms with van der Waals surface area (Å²) in [6.45, 7) is 8.56. The summed E-state index contributed by atoms with van der Waals surface area (Å²) in [6, 6.07) is 17.0. The van der Waals surface area contributed by atoms with Gasteiger partial charge in [0, 0.05) is 12.2 Å². The molecule has 0 aromatic heterocycles. The molecule has 204 valence electrons. The van der Waals surface area contributed by atoms with Crippen LogP contribution < -0.4 is 0 Å². The average Bonchev–Trinajstić information content (AvgIpc) is 2.92. The molecule has 4 atom stereocenters. The molecular formula is C29H34O9. The second kappa shape index (κ2) is 14.3. The minimum Gasteiger partial charge on any atom is -0.460 e. The Bertz CT molecular complexity index is 992. The zero-order valence-corrected chi connectivity index (χ0v) is 21.6. The van der Waals surface area contributed by atoms with Crippen LogP contribution in [0, 0.1) is 0 Å². The summed E-state index contributed by atoms with van der Waals surface area (Å²) in [6.07, 6.45) is -0.438. The minimum atomic E-state index is -2.25. The van der Waals surface area contributed by atoms with E-state index in [2.05, 4.69) is 13.2 Å². The third-order valence-corrected chi connectivity index (χ3v) is 5.70. The Morgan fingerprint density at radius 1 is 0.711 bits per heavy atom. The molecule has 9 heteroatoms. The number of hydrogen-bond acceptors (Lipinski definition) is 9. The van der Waals surface area contributed by atoms with Crippen molar-refractivity contribution in [1.29, 1.82) is 0 Å². The largest absolute Gasteiger partial charge is 0.460 e. The Morgan fingerprint density at radius 2 is 1.05 bits per heavy atom. The van der Waals surface area contributed by atoms with E-state index in [1.807, 2.05) is 0 Å². The molecule has 0 bridgehead atoms. The van der Waals surface area contributed by atoms with E-state index in [0.717, 1.165) is 12.2 Å². The molecule has 0 radical (unpaired) electrons. The first-order valence-corrected chi connectivity index (χ1v) is 12.0. The second-order valence-corrected chi connectivity index (χ2v) is 8.69. The number of ketones is 1. The van der Waals surface area contributed by atoms with Gasteiger partial charge < -0.3 is 29.2 Å². The lowest BCUT2D eigenvalue weighted by Crippen LogP contribution is -2.56. The van der Waals surface area contributed by atoms with Gasteiger partial charge in [0.2, 0.25) is 5.78 Å². The number of carbonyl (C=O) groups excluding carboxylic acids is 3. The SMILES string of the molecule is C=CC(=O)OCCOC(c1ccccc1)C(C)(O)C(=O)C(C)(O)C(OCCOC(=O)C=C)c1ccccc1. The molecule has 9 nitrogen and oxygen atoms in total. The van der Waals surface area contributed by atoms with Gasteiger partial charge in [0.1, 0.15) is 25.4 Å². The molecule has 0 aliphatic heterocycles. The Kier molecular flexibility index (Phi) is 11.5. The van der Waals surface area contributed by atoms with Crippen molar-refractivity contribution in [2.75, 3.05) is 26.4 Å². The van der Waals surface area contributed by atoms with Gasteiger partial charge >= 0.3 is 11.9 Å². The van der Waals surface area contributed by atoms with Crippen molar-refractivity contribution < 1.29 is 43.5 Å². The highest BCUT2D eigenvalue weighted by atomic mass is 16.6. The Labute approximate surface area is 222 Å². The Balaban J connectivity index is 2.33. The van der Waals surface area contributed by atoms with E-state index in [1.165, 1.54) is 13.8 Å². The van der Waals surface area contributed by atoms with Crippen molar-refractivity contribution in [1.82, 2.24) is 0 Å². The van der Waals surface area contributed by atoms with Crippen molar-refractivity contribution in [2.45, 2.75) is 37.3 Å². The van der Waals surface area contributed by atoms with Crippen molar-refractivity contribution in [2.24, 2.45) is 0 Å². The highest BCUT2D eigenvalue weighted by Crippen LogP contribution is 2.39. The van der Waals surface area contributed by atoms with E-state index in [9.17, 15) is 24.6 Å². The second-order valence-electron chi connectivity index (χ2n) is 8.69. The van der Waals surface area contributed by atoms with Crippen molar-refractivity contribution in [3.05, 3.63) is 97.1 Å². The molecule has 0 amide bonds. The Hall–Kier alpha value is -3.63. The summed E-state index contributed by atoms with van der Waals surface area (Å²) in [5.41, 5.74) is -3.58. The molecule has 0 saturated heterocycles. The maximum Gasteiger partial charge on any atom is 0.330 e. The first kappa shape index (κ1) is 30.6. The lowest BCUT2D eigenvalue weighted by molar-refractivity contribution is -0.188. The molecule has 2 N–H and O–H groups in total. The van der Waals surface area contributed by atoms with Crippen LogP contribution in [0.3, 0.4) is 0 Å². The highest BCUT2D eigenvalue weighted by Gasteiger charge is 2.53. The molecule has 0 heterocycles. The molecule has 0 saturated carbocycles. The van der Waals surface area contributed by atoms with E-state index in [-0.39, 0.29) is 26.4 Å². The zero-order chi connectivity index (χ0) is 28.2. The fourth-order valence-electron chi connectivity index (χ4n) is 3.91. The maximum absolute atomic E-state index is 13.8. The van der Waals surface area contributed by atoms with Gasteiger partial charge in [-0.05, 0) is 25.0 Å². The minimum absolute atomic E-state index is 0.141. The molecule has 2 rings (SSSR count). The molecule has 2 aromatic rings. The van der Waals surface area contributed by atoms with Crippen LogP contribution in [0.25, 0.3) is 0 Å². The quantitative estimate of drug-likeness (QED) is 0.193. The Morgan fingerprint density at radius 3 is 1.37 bits per heavy atom. The fraction of sp³-hybridized carbons (Fsp3) is 0.345. The number of benzene rings is 2. The van der Waals surface area contributed by atoms with Crippen LogP contribution in [0.2, 0.25) is 0 Å². The number of ether oxygens (including phenoxy) is 4. The molecule has 2 aromatic carbocycles. The van der Waals surface area contributed by atoms with Crippen LogP contribution in [-0.4, -0.2) is 65.6 Å². The van der Waals surface area contributed by atoms with Crippen LogP contribution >= 0.6 is 0 Å². The molecule has 0 fully saturated rings. The van der Waals surface area contributed by atoms with Gasteiger partial charge in [0.05, 0.1) is 13.2 Å². The summed E-state index contributed by atoms with van der Waals surface area (Å²) in [7, 11) is 0. The van der Waals surface area contributed by atoms with Crippen LogP contribution in [0.15, 0.2) is 86.0 Å². The average molecular weight is 527 g/mol. The number of aliphatic hydroxyl groups is 2. The number of hydrogen-bond donors (Lipinski definition) is 2. The summed E-state index contributed by atoms with van der Waals surface area (Å²) in [5, 5.41) is 23.1. The predicted octanol–water partition coefficient (Wildman–Crippen LogP) is 3.03. The number of Topliss-reactive ketones (excluding diaryl/α,β-unsaturated/α-hetero) is 1. The molecule has 4 unspecified atom stereocenters. The molecular weight excluding hydrogens is 492 g/mol. The van der Waals surface area contributed by atoms with Crippen molar-refractivity contribution in [3.8, 4) is 0 Å². The topological polar surface area (TPSA) is 129 Å². The first-order valence-electron chi connectivity index (χ1n) is 12.0. The monoisotopic (exact) mass is 526 g/mol. The lowest BCUT2D eigenvalue weighted by atomic mass is 9.77. The van der Waals surface area contributed by atoms with Gasteiger partial charge in [-0.2, -0.15) is 0 Å². The van der Waals surface area contributed by atoms with Gasteiger partial charge in [-0.25, -0.2) is 9.59 Å². The summed E-state index contributed by atoms with van der Waals surface area (Å²) in [5.74, 6) is -2.26. The van der Waals surface area contributed by atoms with Crippen molar-refractivity contribution in [3.63, 3.8) is 0 Å². The number of carbonyl (C=O) groups is 3. The highest BCUT2D eigenvalue weighted by molar-refractivity contribution is 5.95. The maximum atomic E-state index is 13.8. The van der Waals surface area contributed by atoms with Crippen LogP contribution in [0.1, 0.15) is 37.2 Å². The van der Waals surface area contributed by atoms with Gasteiger partial charge in [-0.15, -0.1) is 0 Å². The van der Waals surface area contributed by atoms with Crippen LogP contribution in [0.4, 0.5) is 0 Å². The van der Waals surface area contributed by atoms with Crippen LogP contribution in [0.5, 0.6) is 0 Å². The number of rotatable bonds is 16. The third-order valence-electron chi connectivity index (χ3n) is 5.70. The predicted molar refractivity (Wildman–Crippen MR) is 139 cm³/mol. The fourth-order valence-corrected chi connectivity index (χ4v) is 3.91. The summed E-state index contributed by atoms with van der Waals surface area (Å²) in [4.78, 5) is 36.5. The third kappa shape index (κ3) is 8.19. The molecule has 0 spiro atoms. The first-order chi connectivity index (χ1) is 18.1. The van der Waals surface area contributed by atoms with Gasteiger partial charge in [-0.1, -0.05) is 73.8 Å². The lowest BCUT2D eigenvalue weighted by Gasteiger charge is -2.40. The van der Waals surface area contributed by atoms with Crippen molar-refractivity contribution >= 4 is 17.7 Å². The molecule has 0 aliphatic carbocycles. The molecule has 38 heavy (non-hydrogen) atoms. The summed E-state index contributed by atoms with van der Waals surface area (Å²) < 4.78 is 21.5. The van der Waals surface area contributed by atoms with Gasteiger partial charge in [0.15, 0.2) is 11.2 Å².